The molecule has 12 aromatic heterocycles. The first-order chi connectivity index (χ1) is 59.3. The predicted molar refractivity (Wildman–Crippen MR) is 463 cm³/mol. The second-order valence-corrected chi connectivity index (χ2v) is 26.3. The van der Waals surface area contributed by atoms with E-state index in [4.69, 9.17) is 68.5 Å². The van der Waals surface area contributed by atoms with Crippen molar-refractivity contribution in [3.8, 4) is 0 Å². The molecule has 6 aliphatic rings. The molecule has 0 spiro atoms. The number of amides is 6. The summed E-state index contributed by atoms with van der Waals surface area (Å²) in [7, 11) is 12.2. The van der Waals surface area contributed by atoms with E-state index in [0.29, 0.717) is 80.6 Å². The van der Waals surface area contributed by atoms with Gasteiger partial charge in [-0.25, -0.2) is 53.9 Å². The largest absolute Gasteiger partial charge is 0.384 e. The third-order valence-electron chi connectivity index (χ3n) is 16.7. The van der Waals surface area contributed by atoms with Crippen molar-refractivity contribution in [2.45, 2.75) is 53.6 Å². The molecule has 58 nitrogen and oxygen atoms in total. The van der Waals surface area contributed by atoms with E-state index in [1.807, 2.05) is 46.8 Å². The number of aromatic amines is 6. The number of nitrogens with one attached hydrogen (secondary N) is 11. The van der Waals surface area contributed by atoms with Gasteiger partial charge in [0.2, 0.25) is 47.9 Å². The number of imidazole rings is 3. The fraction of sp³-hybridized carbons (Fsp3) is 0.235. The Bertz CT molecular complexity index is 6590. The van der Waals surface area contributed by atoms with Gasteiger partial charge in [0.25, 0.3) is 33.7 Å². The van der Waals surface area contributed by atoms with Crippen LogP contribution in [0.3, 0.4) is 0 Å². The zero-order valence-corrected chi connectivity index (χ0v) is 69.2. The van der Waals surface area contributed by atoms with Crippen LogP contribution in [0.1, 0.15) is 35.9 Å². The highest BCUT2D eigenvalue weighted by molar-refractivity contribution is 6.10. The van der Waals surface area contributed by atoms with Crippen LogP contribution in [0.25, 0.3) is 33.5 Å². The van der Waals surface area contributed by atoms with Crippen LogP contribution in [0.5, 0.6) is 0 Å². The van der Waals surface area contributed by atoms with Crippen LogP contribution in [0, 0.1) is 39.0 Å². The summed E-state index contributed by atoms with van der Waals surface area (Å²) in [5.74, 6) is 2.76. The lowest BCUT2D eigenvalue weighted by atomic mass is 9.97. The Kier molecular flexibility index (Phi) is 31.9. The van der Waals surface area contributed by atoms with Crippen molar-refractivity contribution in [2.75, 3.05) is 71.4 Å². The van der Waals surface area contributed by atoms with E-state index in [0.717, 1.165) is 16.7 Å². The smallest absolute Gasteiger partial charge is 0.348 e. The number of aliphatic imine (C=N–C) groups is 2. The summed E-state index contributed by atoms with van der Waals surface area (Å²) in [6.07, 6.45) is 21.9. The number of urea groups is 2. The molecule has 0 bridgehead atoms. The number of aryl methyl sites for hydroxylation is 9. The van der Waals surface area contributed by atoms with Crippen LogP contribution in [0.4, 0.5) is 68.3 Å². The molecule has 1 saturated heterocycles. The van der Waals surface area contributed by atoms with E-state index in [1.165, 1.54) is 46.5 Å². The predicted octanol–water partition coefficient (Wildman–Crippen LogP) is -6.36. The van der Waals surface area contributed by atoms with Gasteiger partial charge >= 0.3 is 29.1 Å². The Labute approximate surface area is 706 Å². The van der Waals surface area contributed by atoms with E-state index in [1.54, 1.807) is 132 Å². The van der Waals surface area contributed by atoms with Gasteiger partial charge in [0, 0.05) is 134 Å². The molecule has 1 fully saturated rings. The van der Waals surface area contributed by atoms with Crippen molar-refractivity contribution in [2.24, 2.45) is 56.9 Å². The Hall–Kier alpha value is -18.4. The van der Waals surface area contributed by atoms with E-state index in [9.17, 15) is 57.5 Å². The lowest BCUT2D eigenvalue weighted by molar-refractivity contribution is -0.129. The minimum atomic E-state index is -0.517. The highest BCUT2D eigenvalue weighted by Crippen LogP contribution is 2.27. The van der Waals surface area contributed by atoms with E-state index in [-0.39, 0.29) is 117 Å². The number of aromatic nitrogens is 24. The number of anilines is 10. The minimum absolute atomic E-state index is 0.101. The molecule has 18 heterocycles. The number of hydrogen-bond acceptors (Lipinski definition) is 41. The number of nitrogens with zero attached hydrogens (tertiary/aromatic N) is 24. The van der Waals surface area contributed by atoms with Crippen LogP contribution >= 0.6 is 0 Å². The number of H-pyrrole nitrogens is 6. The normalized spacial score (nSPS) is 14.9. The summed E-state index contributed by atoms with van der Waals surface area (Å²) < 4.78 is 7.82. The summed E-state index contributed by atoms with van der Waals surface area (Å²) in [5.41, 5.74) is 62.9. The van der Waals surface area contributed by atoms with Gasteiger partial charge in [-0.15, -0.1) is 0 Å². The number of hydrogen-bond donors (Lipinski definition) is 22. The van der Waals surface area contributed by atoms with Crippen LogP contribution in [0.2, 0.25) is 0 Å². The van der Waals surface area contributed by atoms with Crippen LogP contribution in [0.15, 0.2) is 153 Å². The molecule has 6 amide bonds. The lowest BCUT2D eigenvalue weighted by Crippen LogP contribution is -2.64. The Morgan fingerprint density at radius 2 is 1.06 bits per heavy atom. The van der Waals surface area contributed by atoms with Crippen LogP contribution in [-0.2, 0) is 44.8 Å². The van der Waals surface area contributed by atoms with E-state index < -0.39 is 16.9 Å². The molecule has 18 rings (SSSR count). The van der Waals surface area contributed by atoms with Gasteiger partial charge in [0.05, 0.1) is 43.5 Å². The summed E-state index contributed by atoms with van der Waals surface area (Å²) >= 11 is 0. The SMILES string of the molecule is CC1C=NC2=C1CC(=O)NC2=O.CN1C=CN2C(=N)NC(=O)NC12.CN1C=CN2C(=O)NC(N)=NC12.Cc1cnc(N)nc1N.Cc1cnc(N)nc1N.Cc1ncc(=O)[nH]c1N.Cc1ncc(N)[nH]c1=O.Cn1ccc(=O)[nH]c1=O.Cn1ccc(=O)nc1N.Cn1cnc2c(=O)[nH]c(=O)[nH]c21.Cn1cnc2c(N)[nH]c(=O)nc21.Cn1cnc2c(N)nc(N)nc21. The molecule has 3 atom stereocenters. The first-order valence-electron chi connectivity index (χ1n) is 36.0. The van der Waals surface area contributed by atoms with Crippen LogP contribution in [-0.4, -0.2) is 206 Å². The summed E-state index contributed by atoms with van der Waals surface area (Å²) in [6.45, 7) is 8.94. The molecule has 126 heavy (non-hydrogen) atoms. The van der Waals surface area contributed by atoms with Gasteiger partial charge in [-0.05, 0) is 33.3 Å². The molecule has 0 radical (unpaired) electrons. The van der Waals surface area contributed by atoms with Gasteiger partial charge in [-0.3, -0.25) is 105 Å². The van der Waals surface area contributed by atoms with Gasteiger partial charge in [-0.1, -0.05) is 6.92 Å². The number of carbonyl (C=O) groups excluding carboxylic acids is 4. The molecule has 0 aromatic carbocycles. The lowest BCUT2D eigenvalue weighted by Gasteiger charge is -2.34. The van der Waals surface area contributed by atoms with Gasteiger partial charge in [0.1, 0.15) is 57.2 Å². The first kappa shape index (κ1) is 94.8. The van der Waals surface area contributed by atoms with Crippen molar-refractivity contribution in [1.82, 2.24) is 158 Å². The molecule has 0 aliphatic carbocycles. The highest BCUT2D eigenvalue weighted by atomic mass is 16.2. The molecular formula is C68H90N46O12. The minimum Gasteiger partial charge on any atom is -0.384 e. The monoisotopic (exact) mass is 1740 g/mol. The van der Waals surface area contributed by atoms with Crippen molar-refractivity contribution in [1.29, 1.82) is 5.41 Å². The molecular weight excluding hydrogens is 1650 g/mol. The van der Waals surface area contributed by atoms with Crippen molar-refractivity contribution >= 4 is 134 Å². The molecule has 0 saturated carbocycles. The van der Waals surface area contributed by atoms with Crippen LogP contribution < -0.4 is 129 Å². The molecule has 3 unspecified atom stereocenters. The highest BCUT2D eigenvalue weighted by Gasteiger charge is 2.34. The number of nitrogen functional groups attached to an aromatic ring is 10. The quantitative estimate of drug-likeness (QED) is 0.0628. The van der Waals surface area contributed by atoms with Gasteiger partial charge in [0.15, 0.2) is 28.9 Å². The first-order valence-corrected chi connectivity index (χ1v) is 36.0. The van der Waals surface area contributed by atoms with Crippen molar-refractivity contribution < 1.29 is 19.2 Å². The topological polar surface area (TPSA) is 888 Å². The standard InChI is InChI=1S/C8H8N2O2.C6H8N6.C6H7N5O.2C6H9N5O.C6H6N4O2.2C5H8N4.3C5H7N3O.C5H6N2O2/c1-4-3-9-7-5(4)2-6(11)10-8(7)12;1-12-2-9-3-4(7)10-6(8)11-5(3)12;1-11-2-8-3-4(7)9-6(12)10-5(3)11;1-10-2-3-11-4(7)8-5(12)9-6(10)11;1-10-2-3-11-5(10)8-4(7)9-6(11)12;1-10-2-7-3-4(10)8-6(12)9-5(3)11;2*1-3-2-8-5(7)9-4(3)6;1-8-3-2-4(9)7-5(8)6;1-3-5(6)8-4(9)2-7-3;1-3-5(9)8-4(6)2-7-3;1-7-3-2-4(8)6-5(7)9/h3-4H,2H2,1H3,(H,10,11,12);2H,1H3,(H4,7,8,10,11);2H,1H3,(H3,7,9,10,12);2-3,6H,1H3,(H3,7,8,9,12);2-3,5H,1H3,(H3,7,8,9,12);2H,1H3,(H2,8,9,11,12);2*2H,1H3,(H4,6,7,8,9);2-3H,1H3,(H2,6,7,9);2*2H,1H3,(H3,6,8,9);2-3H,1H3,(H,6,8,9). The second kappa shape index (κ2) is 42.3. The number of carbonyl (C=O) groups is 4. The molecule has 58 heteroatoms. The number of nitrogens with two attached hydrogens (primary N) is 11. The Balaban J connectivity index is 0.000000189. The fourth-order valence-corrected chi connectivity index (χ4v) is 9.84. The number of rotatable bonds is 0. The summed E-state index contributed by atoms with van der Waals surface area (Å²) in [6, 6.07) is 2.07. The second-order valence-electron chi connectivity index (χ2n) is 26.3. The molecule has 664 valence electrons. The number of guanidine groups is 2. The third-order valence-corrected chi connectivity index (χ3v) is 16.7. The maximum absolute atomic E-state index is 11.2. The molecule has 6 aliphatic heterocycles. The van der Waals surface area contributed by atoms with Crippen molar-refractivity contribution in [3.05, 3.63) is 210 Å². The fourth-order valence-electron chi connectivity index (χ4n) is 9.84. The molecule has 33 N–H and O–H groups in total. The van der Waals surface area contributed by atoms with E-state index in [2.05, 4.69) is 126 Å². The van der Waals surface area contributed by atoms with Crippen molar-refractivity contribution in [3.63, 3.8) is 0 Å². The van der Waals surface area contributed by atoms with Gasteiger partial charge in [-0.2, -0.15) is 29.9 Å². The molecule has 12 aromatic rings. The summed E-state index contributed by atoms with van der Waals surface area (Å²) in [5, 5.41) is 17.1. The Morgan fingerprint density at radius 1 is 0.484 bits per heavy atom. The average Bonchev–Trinajstić information content (AvgIpc) is 1.69. The maximum Gasteiger partial charge on any atom is 0.348 e. The number of imide groups is 1. The van der Waals surface area contributed by atoms with Gasteiger partial charge < -0.3 is 106 Å². The zero-order valence-electron chi connectivity index (χ0n) is 69.2. The number of fused-ring (bicyclic) bond motifs is 5. The Morgan fingerprint density at radius 3 is 1.63 bits per heavy atom. The third kappa shape index (κ3) is 26.3. The van der Waals surface area contributed by atoms with E-state index >= 15 is 0 Å². The zero-order chi connectivity index (χ0) is 93.4. The average molecular weight is 1740 g/mol. The summed E-state index contributed by atoms with van der Waals surface area (Å²) in [4.78, 5) is 207. The maximum atomic E-state index is 11.2.